The van der Waals surface area contributed by atoms with Gasteiger partial charge in [0.05, 0.1) is 7.11 Å². The minimum atomic E-state index is 0. The zero-order chi connectivity index (χ0) is 13.4. The smallest absolute Gasteiger partial charge is 0.494 e. The van der Waals surface area contributed by atoms with Crippen molar-refractivity contribution in [1.29, 1.82) is 0 Å². The zero-order valence-electron chi connectivity index (χ0n) is 12.6. The van der Waals surface area contributed by atoms with Crippen LogP contribution in [0.4, 0.5) is 0 Å². The van der Waals surface area contributed by atoms with E-state index >= 15 is 0 Å². The van der Waals surface area contributed by atoms with Crippen LogP contribution < -0.4 is 23.6 Å². The van der Waals surface area contributed by atoms with Crippen LogP contribution in [0.25, 0.3) is 10.9 Å². The van der Waals surface area contributed by atoms with Crippen LogP contribution in [0.3, 0.4) is 0 Å². The number of aromatic nitrogens is 1. The van der Waals surface area contributed by atoms with Crippen LogP contribution in [-0.2, 0) is 6.42 Å². The summed E-state index contributed by atoms with van der Waals surface area (Å²) in [5.74, 6) is 0.845. The molecular weight excluding hydrogens is 229 g/mol. The van der Waals surface area contributed by atoms with E-state index in [4.69, 9.17) is 4.74 Å². The standard InChI is InChI=1S/C12H13NO.C4H9.Li/c1-3-10-8-7-9-5-4-6-11(14-2)12(9)13-10;1-3-4-2;/h4-8H,3H2,1-2H3;1,3-4H2,2H3;/q;-1;+1. The number of fused-ring (bicyclic) bond motifs is 1. The Kier molecular flexibility index (Phi) is 9.39. The molecule has 98 valence electrons. The maximum atomic E-state index is 5.26. The van der Waals surface area contributed by atoms with Crippen molar-refractivity contribution in [2.24, 2.45) is 0 Å². The molecule has 0 unspecified atom stereocenters. The SMILES string of the molecule is CCc1ccc2cccc(OC)c2n1.[CH2-]CCC.[Li+]. The Labute approximate surface area is 128 Å². The fourth-order valence-corrected chi connectivity index (χ4v) is 1.52. The van der Waals surface area contributed by atoms with Gasteiger partial charge in [0, 0.05) is 11.1 Å². The third-order valence-corrected chi connectivity index (χ3v) is 2.68. The summed E-state index contributed by atoms with van der Waals surface area (Å²) in [5, 5.41) is 1.13. The number of aryl methyl sites for hydroxylation is 1. The average Bonchev–Trinajstić information content (AvgIpc) is 2.46. The number of pyridine rings is 1. The third kappa shape index (κ3) is 5.26. The summed E-state index contributed by atoms with van der Waals surface area (Å²) in [7, 11) is 1.68. The minimum Gasteiger partial charge on any atom is -0.494 e. The summed E-state index contributed by atoms with van der Waals surface area (Å²) < 4.78 is 5.26. The molecule has 3 heteroatoms. The van der Waals surface area contributed by atoms with E-state index in [-0.39, 0.29) is 18.9 Å². The first-order chi connectivity index (χ1) is 8.76. The molecule has 0 atom stereocenters. The first kappa shape index (κ1) is 18.0. The molecule has 2 rings (SSSR count). The maximum Gasteiger partial charge on any atom is 1.00 e. The van der Waals surface area contributed by atoms with Gasteiger partial charge in [-0.25, -0.2) is 4.98 Å². The van der Waals surface area contributed by atoms with Gasteiger partial charge in [-0.2, -0.15) is 6.42 Å². The molecule has 0 bridgehead atoms. The first-order valence-electron chi connectivity index (χ1n) is 6.48. The van der Waals surface area contributed by atoms with Gasteiger partial charge in [0.1, 0.15) is 11.3 Å². The normalized spacial score (nSPS) is 9.26. The molecule has 0 saturated heterocycles. The van der Waals surface area contributed by atoms with E-state index < -0.39 is 0 Å². The predicted octanol–water partition coefficient (Wildman–Crippen LogP) is 1.43. The van der Waals surface area contributed by atoms with Crippen LogP contribution in [0.15, 0.2) is 30.3 Å². The van der Waals surface area contributed by atoms with E-state index in [1.807, 2.05) is 18.2 Å². The van der Waals surface area contributed by atoms with Gasteiger partial charge in [0.25, 0.3) is 0 Å². The third-order valence-electron chi connectivity index (χ3n) is 2.68. The second-order valence-electron chi connectivity index (χ2n) is 4.04. The fraction of sp³-hybridized carbons (Fsp3) is 0.375. The van der Waals surface area contributed by atoms with Gasteiger partial charge in [-0.3, -0.25) is 0 Å². The molecule has 0 amide bonds. The molecule has 1 aromatic heterocycles. The number of rotatable bonds is 3. The van der Waals surface area contributed by atoms with E-state index in [0.717, 1.165) is 35.2 Å². The number of ether oxygens (including phenoxy) is 1. The van der Waals surface area contributed by atoms with Crippen LogP contribution in [0.2, 0.25) is 0 Å². The molecular formula is C16H22LiNO. The van der Waals surface area contributed by atoms with Crippen molar-refractivity contribution < 1.29 is 23.6 Å². The Hall–Kier alpha value is -0.973. The Balaban J connectivity index is 0.000000576. The van der Waals surface area contributed by atoms with Crippen molar-refractivity contribution in [2.75, 3.05) is 7.11 Å². The minimum absolute atomic E-state index is 0. The number of methoxy groups -OCH3 is 1. The summed E-state index contributed by atoms with van der Waals surface area (Å²) >= 11 is 0. The van der Waals surface area contributed by atoms with E-state index in [2.05, 4.69) is 37.9 Å². The number of hydrogen-bond acceptors (Lipinski definition) is 2. The van der Waals surface area contributed by atoms with E-state index in [0.29, 0.717) is 0 Å². The van der Waals surface area contributed by atoms with E-state index in [9.17, 15) is 0 Å². The molecule has 0 aliphatic heterocycles. The quantitative estimate of drug-likeness (QED) is 0.608. The molecule has 0 radical (unpaired) electrons. The Morgan fingerprint density at radius 1 is 1.16 bits per heavy atom. The Bertz CT molecular complexity index is 483. The molecule has 1 heterocycles. The second-order valence-corrected chi connectivity index (χ2v) is 4.04. The second kappa shape index (κ2) is 9.89. The van der Waals surface area contributed by atoms with Gasteiger partial charge in [-0.1, -0.05) is 38.5 Å². The molecule has 19 heavy (non-hydrogen) atoms. The van der Waals surface area contributed by atoms with Crippen molar-refractivity contribution in [2.45, 2.75) is 33.1 Å². The van der Waals surface area contributed by atoms with E-state index in [1.165, 1.54) is 6.42 Å². The topological polar surface area (TPSA) is 22.1 Å². The van der Waals surface area contributed by atoms with Gasteiger partial charge >= 0.3 is 18.9 Å². The Morgan fingerprint density at radius 2 is 1.84 bits per heavy atom. The van der Waals surface area contributed by atoms with Gasteiger partial charge in [-0.15, -0.1) is 0 Å². The molecule has 0 N–H and O–H groups in total. The van der Waals surface area contributed by atoms with Gasteiger partial charge < -0.3 is 11.7 Å². The van der Waals surface area contributed by atoms with Crippen molar-refractivity contribution in [3.05, 3.63) is 42.9 Å². The van der Waals surface area contributed by atoms with Crippen LogP contribution in [0, 0.1) is 6.92 Å². The molecule has 0 fully saturated rings. The maximum absolute atomic E-state index is 5.26. The zero-order valence-corrected chi connectivity index (χ0v) is 12.6. The van der Waals surface area contributed by atoms with Crippen LogP contribution in [0.1, 0.15) is 32.4 Å². The monoisotopic (exact) mass is 251 g/mol. The van der Waals surface area contributed by atoms with Crippen molar-refractivity contribution in [3.63, 3.8) is 0 Å². The summed E-state index contributed by atoms with van der Waals surface area (Å²) in [5.41, 5.74) is 2.05. The molecule has 2 nitrogen and oxygen atoms in total. The van der Waals surface area contributed by atoms with Crippen LogP contribution in [-0.4, -0.2) is 12.1 Å². The fourth-order valence-electron chi connectivity index (χ4n) is 1.52. The van der Waals surface area contributed by atoms with Crippen molar-refractivity contribution in [3.8, 4) is 5.75 Å². The summed E-state index contributed by atoms with van der Waals surface area (Å²) in [4.78, 5) is 4.54. The van der Waals surface area contributed by atoms with Gasteiger partial charge in [0.15, 0.2) is 0 Å². The van der Waals surface area contributed by atoms with Gasteiger partial charge in [0.2, 0.25) is 0 Å². The van der Waals surface area contributed by atoms with Crippen molar-refractivity contribution in [1.82, 2.24) is 4.98 Å². The molecule has 0 aliphatic rings. The number of nitrogens with zero attached hydrogens (tertiary/aromatic N) is 1. The molecule has 0 spiro atoms. The summed E-state index contributed by atoms with van der Waals surface area (Å²) in [6, 6.07) is 10.1. The first-order valence-corrected chi connectivity index (χ1v) is 6.48. The number of benzene rings is 1. The number of para-hydroxylation sites is 1. The predicted molar refractivity (Wildman–Crippen MR) is 77.9 cm³/mol. The summed E-state index contributed by atoms with van der Waals surface area (Å²) in [6.45, 7) is 7.82. The number of hydrogen-bond donors (Lipinski definition) is 0. The van der Waals surface area contributed by atoms with Crippen LogP contribution in [0.5, 0.6) is 5.75 Å². The molecule has 1 aromatic carbocycles. The number of unbranched alkanes of at least 4 members (excludes halogenated alkanes) is 1. The largest absolute Gasteiger partial charge is 1.00 e. The molecule has 0 saturated carbocycles. The molecule has 0 aliphatic carbocycles. The van der Waals surface area contributed by atoms with Gasteiger partial charge in [-0.05, 0) is 18.6 Å². The Morgan fingerprint density at radius 3 is 2.37 bits per heavy atom. The van der Waals surface area contributed by atoms with Crippen LogP contribution >= 0.6 is 0 Å². The van der Waals surface area contributed by atoms with Crippen molar-refractivity contribution >= 4 is 10.9 Å². The van der Waals surface area contributed by atoms with E-state index in [1.54, 1.807) is 7.11 Å². The average molecular weight is 251 g/mol. The molecule has 2 aromatic rings. The summed E-state index contributed by atoms with van der Waals surface area (Å²) in [6.07, 6.45) is 3.23.